The van der Waals surface area contributed by atoms with Gasteiger partial charge < -0.3 is 14.4 Å². The molecule has 1 saturated heterocycles. The van der Waals surface area contributed by atoms with Crippen molar-refractivity contribution in [2.75, 3.05) is 20.2 Å². The maximum absolute atomic E-state index is 12.5. The standard InChI is InChI=1S/C20H23NO3/c1-23-18-11-13-21(14-12-18)20(22)17-7-9-19(10-8-17)24-15-16-5-3-2-4-6-16/h2-10,18H,11-15H2,1H3. The normalized spacial score (nSPS) is 15.3. The van der Waals surface area contributed by atoms with Crippen molar-refractivity contribution in [3.05, 3.63) is 65.7 Å². The van der Waals surface area contributed by atoms with Gasteiger partial charge in [0.1, 0.15) is 12.4 Å². The lowest BCUT2D eigenvalue weighted by Crippen LogP contribution is -2.40. The van der Waals surface area contributed by atoms with Gasteiger partial charge in [-0.2, -0.15) is 0 Å². The highest BCUT2D eigenvalue weighted by Crippen LogP contribution is 2.18. The molecule has 0 aromatic heterocycles. The molecular weight excluding hydrogens is 302 g/mol. The Balaban J connectivity index is 1.55. The first-order valence-electron chi connectivity index (χ1n) is 8.35. The molecule has 1 heterocycles. The number of nitrogens with zero attached hydrogens (tertiary/aromatic N) is 1. The first-order chi connectivity index (χ1) is 11.8. The van der Waals surface area contributed by atoms with Crippen LogP contribution in [0.1, 0.15) is 28.8 Å². The fourth-order valence-corrected chi connectivity index (χ4v) is 2.91. The van der Waals surface area contributed by atoms with Gasteiger partial charge in [0.15, 0.2) is 0 Å². The van der Waals surface area contributed by atoms with Gasteiger partial charge in [0, 0.05) is 25.8 Å². The highest BCUT2D eigenvalue weighted by Gasteiger charge is 2.23. The fraction of sp³-hybridized carbons (Fsp3) is 0.350. The van der Waals surface area contributed by atoms with Gasteiger partial charge in [-0.25, -0.2) is 0 Å². The van der Waals surface area contributed by atoms with E-state index in [0.29, 0.717) is 12.2 Å². The van der Waals surface area contributed by atoms with Crippen LogP contribution in [0.25, 0.3) is 0 Å². The van der Waals surface area contributed by atoms with Gasteiger partial charge in [0.25, 0.3) is 5.91 Å². The lowest BCUT2D eigenvalue weighted by molar-refractivity contribution is 0.0351. The van der Waals surface area contributed by atoms with Crippen LogP contribution < -0.4 is 4.74 Å². The molecule has 0 unspecified atom stereocenters. The molecule has 1 amide bonds. The van der Waals surface area contributed by atoms with Gasteiger partial charge in [-0.3, -0.25) is 4.79 Å². The summed E-state index contributed by atoms with van der Waals surface area (Å²) in [5.41, 5.74) is 1.83. The van der Waals surface area contributed by atoms with Crippen LogP contribution in [0.15, 0.2) is 54.6 Å². The molecule has 2 aromatic carbocycles. The molecule has 0 saturated carbocycles. The number of hydrogen-bond acceptors (Lipinski definition) is 3. The van der Waals surface area contributed by atoms with E-state index in [-0.39, 0.29) is 12.0 Å². The molecule has 0 aliphatic carbocycles. The zero-order chi connectivity index (χ0) is 16.8. The van der Waals surface area contributed by atoms with Gasteiger partial charge in [0.05, 0.1) is 6.10 Å². The number of rotatable bonds is 5. The summed E-state index contributed by atoms with van der Waals surface area (Å²) in [6.45, 7) is 2.03. The second kappa shape index (κ2) is 7.97. The molecule has 0 bridgehead atoms. The largest absolute Gasteiger partial charge is 0.489 e. The summed E-state index contributed by atoms with van der Waals surface area (Å²) in [6, 6.07) is 17.4. The Morgan fingerprint density at radius 2 is 1.71 bits per heavy atom. The molecule has 0 radical (unpaired) electrons. The van der Waals surface area contributed by atoms with Gasteiger partial charge in [-0.15, -0.1) is 0 Å². The average molecular weight is 325 g/mol. The molecule has 1 fully saturated rings. The lowest BCUT2D eigenvalue weighted by atomic mass is 10.1. The van der Waals surface area contributed by atoms with E-state index < -0.39 is 0 Å². The summed E-state index contributed by atoms with van der Waals surface area (Å²) in [6.07, 6.45) is 2.09. The number of piperidine rings is 1. The van der Waals surface area contributed by atoms with E-state index in [2.05, 4.69) is 0 Å². The highest BCUT2D eigenvalue weighted by molar-refractivity contribution is 5.94. The third kappa shape index (κ3) is 4.15. The Morgan fingerprint density at radius 3 is 2.33 bits per heavy atom. The summed E-state index contributed by atoms with van der Waals surface area (Å²) >= 11 is 0. The third-order valence-electron chi connectivity index (χ3n) is 4.41. The number of amides is 1. The van der Waals surface area contributed by atoms with E-state index in [1.165, 1.54) is 0 Å². The lowest BCUT2D eigenvalue weighted by Gasteiger charge is -2.31. The van der Waals surface area contributed by atoms with Crippen LogP contribution in [-0.2, 0) is 11.3 Å². The molecule has 4 heteroatoms. The smallest absolute Gasteiger partial charge is 0.253 e. The number of hydrogen-bond donors (Lipinski definition) is 0. The number of carbonyl (C=O) groups is 1. The maximum atomic E-state index is 12.5. The maximum Gasteiger partial charge on any atom is 0.253 e. The SMILES string of the molecule is COC1CCN(C(=O)c2ccc(OCc3ccccc3)cc2)CC1. The Hall–Kier alpha value is -2.33. The number of benzene rings is 2. The minimum absolute atomic E-state index is 0.0826. The molecule has 1 aliphatic heterocycles. The van der Waals surface area contributed by atoms with E-state index in [0.717, 1.165) is 37.2 Å². The minimum atomic E-state index is 0.0826. The zero-order valence-corrected chi connectivity index (χ0v) is 14.0. The van der Waals surface area contributed by atoms with Crippen LogP contribution in [0.3, 0.4) is 0 Å². The Bertz CT molecular complexity index is 646. The molecule has 4 nitrogen and oxygen atoms in total. The fourth-order valence-electron chi connectivity index (χ4n) is 2.91. The Labute approximate surface area is 143 Å². The van der Waals surface area contributed by atoms with Crippen molar-refractivity contribution in [3.8, 4) is 5.75 Å². The van der Waals surface area contributed by atoms with Crippen molar-refractivity contribution in [1.82, 2.24) is 4.90 Å². The molecule has 2 aromatic rings. The first-order valence-corrected chi connectivity index (χ1v) is 8.35. The van der Waals surface area contributed by atoms with E-state index >= 15 is 0 Å². The van der Waals surface area contributed by atoms with Gasteiger partial charge >= 0.3 is 0 Å². The van der Waals surface area contributed by atoms with Gasteiger partial charge in [-0.1, -0.05) is 30.3 Å². The van der Waals surface area contributed by atoms with Crippen LogP contribution in [0.4, 0.5) is 0 Å². The highest BCUT2D eigenvalue weighted by atomic mass is 16.5. The predicted octanol–water partition coefficient (Wildman–Crippen LogP) is 3.52. The number of likely N-dealkylation sites (tertiary alicyclic amines) is 1. The Kier molecular flexibility index (Phi) is 5.49. The van der Waals surface area contributed by atoms with Crippen LogP contribution >= 0.6 is 0 Å². The summed E-state index contributed by atoms with van der Waals surface area (Å²) in [7, 11) is 1.73. The number of ether oxygens (including phenoxy) is 2. The molecule has 1 aliphatic rings. The zero-order valence-electron chi connectivity index (χ0n) is 14.0. The summed E-state index contributed by atoms with van der Waals surface area (Å²) < 4.78 is 11.1. The second-order valence-corrected chi connectivity index (χ2v) is 6.03. The summed E-state index contributed by atoms with van der Waals surface area (Å²) in [4.78, 5) is 14.4. The molecule has 0 spiro atoms. The van der Waals surface area contributed by atoms with E-state index in [1.54, 1.807) is 7.11 Å². The molecule has 126 valence electrons. The minimum Gasteiger partial charge on any atom is -0.489 e. The van der Waals surface area contributed by atoms with Gasteiger partial charge in [0.2, 0.25) is 0 Å². The molecule has 0 N–H and O–H groups in total. The molecular formula is C20H23NO3. The third-order valence-corrected chi connectivity index (χ3v) is 4.41. The number of methoxy groups -OCH3 is 1. The summed E-state index contributed by atoms with van der Waals surface area (Å²) in [5, 5.41) is 0. The van der Waals surface area contributed by atoms with E-state index in [4.69, 9.17) is 9.47 Å². The topological polar surface area (TPSA) is 38.8 Å². The van der Waals surface area contributed by atoms with Crippen LogP contribution in [0.5, 0.6) is 5.75 Å². The van der Waals surface area contributed by atoms with Crippen LogP contribution in [0.2, 0.25) is 0 Å². The van der Waals surface area contributed by atoms with Crippen LogP contribution in [-0.4, -0.2) is 37.1 Å². The van der Waals surface area contributed by atoms with Crippen molar-refractivity contribution in [2.24, 2.45) is 0 Å². The molecule has 3 rings (SSSR count). The van der Waals surface area contributed by atoms with E-state index in [1.807, 2.05) is 59.5 Å². The predicted molar refractivity (Wildman–Crippen MR) is 93.2 cm³/mol. The van der Waals surface area contributed by atoms with E-state index in [9.17, 15) is 4.79 Å². The first kappa shape index (κ1) is 16.5. The number of carbonyl (C=O) groups excluding carboxylic acids is 1. The van der Waals surface area contributed by atoms with Crippen molar-refractivity contribution >= 4 is 5.91 Å². The molecule has 24 heavy (non-hydrogen) atoms. The summed E-state index contributed by atoms with van der Waals surface area (Å²) in [5.74, 6) is 0.854. The van der Waals surface area contributed by atoms with Crippen molar-refractivity contribution < 1.29 is 14.3 Å². The monoisotopic (exact) mass is 325 g/mol. The second-order valence-electron chi connectivity index (χ2n) is 6.03. The van der Waals surface area contributed by atoms with Crippen molar-refractivity contribution in [2.45, 2.75) is 25.6 Å². The quantitative estimate of drug-likeness (QED) is 0.844. The average Bonchev–Trinajstić information content (AvgIpc) is 2.67. The molecule has 0 atom stereocenters. The van der Waals surface area contributed by atoms with Crippen molar-refractivity contribution in [3.63, 3.8) is 0 Å². The van der Waals surface area contributed by atoms with Crippen molar-refractivity contribution in [1.29, 1.82) is 0 Å². The van der Waals surface area contributed by atoms with Gasteiger partial charge in [-0.05, 0) is 42.7 Å². The Morgan fingerprint density at radius 1 is 1.04 bits per heavy atom. The van der Waals surface area contributed by atoms with Crippen LogP contribution in [0, 0.1) is 0 Å².